The Morgan fingerprint density at radius 3 is 2.38 bits per heavy atom. The van der Waals surface area contributed by atoms with E-state index in [2.05, 4.69) is 70.9 Å². The van der Waals surface area contributed by atoms with E-state index >= 15 is 0 Å². The molecule has 2 aromatic carbocycles. The molecule has 8 rings (SSSR count). The summed E-state index contributed by atoms with van der Waals surface area (Å²) in [5.41, 5.74) is 7.35. The third-order valence-corrected chi connectivity index (χ3v) is 12.5. The van der Waals surface area contributed by atoms with Crippen LogP contribution < -0.4 is 15.5 Å². The smallest absolute Gasteiger partial charge is 0.251 e. The molecule has 278 valence electrons. The number of imidazole rings is 1. The molecule has 0 bridgehead atoms. The molecule has 0 radical (unpaired) electrons. The number of likely N-dealkylation sites (tertiary alicyclic amines) is 2. The summed E-state index contributed by atoms with van der Waals surface area (Å²) in [5.74, 6) is 0.752. The Balaban J connectivity index is 1.18. The first-order chi connectivity index (χ1) is 25.3. The van der Waals surface area contributed by atoms with Crippen LogP contribution in [-0.2, 0) is 15.0 Å². The molecule has 3 fully saturated rings. The van der Waals surface area contributed by atoms with E-state index in [1.165, 1.54) is 6.42 Å². The number of carbonyl (C=O) groups excluding carboxylic acids is 3. The zero-order valence-corrected chi connectivity index (χ0v) is 32.1. The van der Waals surface area contributed by atoms with Gasteiger partial charge in [0.15, 0.2) is 5.82 Å². The summed E-state index contributed by atoms with van der Waals surface area (Å²) in [5, 5.41) is 6.27. The topological polar surface area (TPSA) is 116 Å². The van der Waals surface area contributed by atoms with E-state index in [4.69, 9.17) is 9.97 Å². The molecule has 1 aliphatic carbocycles. The maximum atomic E-state index is 14.8. The van der Waals surface area contributed by atoms with Crippen molar-refractivity contribution in [2.75, 3.05) is 43.4 Å². The van der Waals surface area contributed by atoms with E-state index in [0.717, 1.165) is 70.7 Å². The van der Waals surface area contributed by atoms with Gasteiger partial charge in [0.2, 0.25) is 11.8 Å². The van der Waals surface area contributed by atoms with Gasteiger partial charge in [-0.2, -0.15) is 0 Å². The Morgan fingerprint density at radius 2 is 1.72 bits per heavy atom. The van der Waals surface area contributed by atoms with Crippen LogP contribution in [0.5, 0.6) is 0 Å². The van der Waals surface area contributed by atoms with Gasteiger partial charge in [-0.1, -0.05) is 32.0 Å². The predicted molar refractivity (Wildman–Crippen MR) is 209 cm³/mol. The number of hydrogen-bond donors (Lipinski definition) is 2. The van der Waals surface area contributed by atoms with Crippen LogP contribution in [0.2, 0.25) is 0 Å². The molecule has 4 aliphatic rings. The molecule has 53 heavy (non-hydrogen) atoms. The highest BCUT2D eigenvalue weighted by molar-refractivity contribution is 6.09. The number of carbonyl (C=O) groups is 3. The van der Waals surface area contributed by atoms with Crippen molar-refractivity contribution in [3.63, 3.8) is 0 Å². The lowest BCUT2D eigenvalue weighted by molar-refractivity contribution is -0.134. The van der Waals surface area contributed by atoms with Gasteiger partial charge in [-0.3, -0.25) is 19.3 Å². The van der Waals surface area contributed by atoms with Crippen molar-refractivity contribution >= 4 is 45.9 Å². The molecule has 0 unspecified atom stereocenters. The molecule has 2 aromatic heterocycles. The van der Waals surface area contributed by atoms with Crippen molar-refractivity contribution in [1.82, 2.24) is 29.7 Å². The van der Waals surface area contributed by atoms with Crippen molar-refractivity contribution in [2.45, 2.75) is 97.2 Å². The van der Waals surface area contributed by atoms with Crippen LogP contribution in [-0.4, -0.2) is 87.4 Å². The number of anilines is 3. The fourth-order valence-electron chi connectivity index (χ4n) is 9.24. The minimum absolute atomic E-state index is 0.0642. The second-order valence-corrected chi connectivity index (χ2v) is 16.9. The fraction of sp³-hybridized carbons (Fsp3) is 0.500. The summed E-state index contributed by atoms with van der Waals surface area (Å²) >= 11 is 0. The van der Waals surface area contributed by atoms with Crippen LogP contribution in [0.1, 0.15) is 94.2 Å². The first-order valence-electron chi connectivity index (χ1n) is 19.2. The molecule has 2 saturated heterocycles. The second kappa shape index (κ2) is 13.0. The molecule has 5 heterocycles. The van der Waals surface area contributed by atoms with Crippen molar-refractivity contribution in [3.8, 4) is 11.3 Å². The molecule has 1 spiro atoms. The number of benzene rings is 2. The number of aryl methyl sites for hydroxylation is 1. The number of piperidine rings is 1. The van der Waals surface area contributed by atoms with Gasteiger partial charge in [-0.05, 0) is 100 Å². The van der Waals surface area contributed by atoms with E-state index < -0.39 is 5.41 Å². The van der Waals surface area contributed by atoms with Gasteiger partial charge in [0.05, 0.1) is 23.0 Å². The van der Waals surface area contributed by atoms with E-state index in [-0.39, 0.29) is 29.8 Å². The molecule has 11 nitrogen and oxygen atoms in total. The van der Waals surface area contributed by atoms with E-state index in [9.17, 15) is 14.4 Å². The van der Waals surface area contributed by atoms with Gasteiger partial charge in [-0.25, -0.2) is 9.97 Å². The van der Waals surface area contributed by atoms with Crippen molar-refractivity contribution in [3.05, 3.63) is 65.5 Å². The summed E-state index contributed by atoms with van der Waals surface area (Å²) in [7, 11) is 1.64. The van der Waals surface area contributed by atoms with E-state index in [1.807, 2.05) is 42.4 Å². The monoisotopic (exact) mass is 716 g/mol. The van der Waals surface area contributed by atoms with E-state index in [1.54, 1.807) is 14.0 Å². The average molecular weight is 717 g/mol. The number of nitrogens with zero attached hydrogens (tertiary/aromatic N) is 6. The van der Waals surface area contributed by atoms with Gasteiger partial charge in [0.1, 0.15) is 5.52 Å². The summed E-state index contributed by atoms with van der Waals surface area (Å²) in [4.78, 5) is 56.4. The summed E-state index contributed by atoms with van der Waals surface area (Å²) < 4.78 is 2.11. The Labute approximate surface area is 312 Å². The maximum Gasteiger partial charge on any atom is 0.251 e. The summed E-state index contributed by atoms with van der Waals surface area (Å²) in [6.07, 6.45) is 6.27. The van der Waals surface area contributed by atoms with Crippen molar-refractivity contribution < 1.29 is 14.4 Å². The van der Waals surface area contributed by atoms with Gasteiger partial charge in [0.25, 0.3) is 5.91 Å². The van der Waals surface area contributed by atoms with Gasteiger partial charge in [-0.15, -0.1) is 0 Å². The molecule has 3 amide bonds. The van der Waals surface area contributed by atoms with Crippen LogP contribution in [0, 0.1) is 12.3 Å². The summed E-state index contributed by atoms with van der Waals surface area (Å²) in [6.45, 7) is 15.9. The minimum Gasteiger partial charge on any atom is -0.355 e. The summed E-state index contributed by atoms with van der Waals surface area (Å²) in [6, 6.07) is 15.0. The molecule has 1 saturated carbocycles. The number of pyridine rings is 1. The predicted octanol–water partition coefficient (Wildman–Crippen LogP) is 6.58. The number of fused-ring (bicyclic) bond motifs is 3. The third kappa shape index (κ3) is 5.97. The van der Waals surface area contributed by atoms with Gasteiger partial charge >= 0.3 is 0 Å². The van der Waals surface area contributed by atoms with Crippen LogP contribution in [0.3, 0.4) is 0 Å². The highest BCUT2D eigenvalue weighted by Gasteiger charge is 2.56. The van der Waals surface area contributed by atoms with E-state index in [0.29, 0.717) is 48.8 Å². The Kier molecular flexibility index (Phi) is 8.63. The quantitative estimate of drug-likeness (QED) is 0.222. The first-order valence-corrected chi connectivity index (χ1v) is 19.2. The molecule has 0 atom stereocenters. The second-order valence-electron chi connectivity index (χ2n) is 16.9. The normalized spacial score (nSPS) is 22.1. The lowest BCUT2D eigenvalue weighted by atomic mass is 9.73. The molecule has 2 N–H and O–H groups in total. The Bertz CT molecular complexity index is 2120. The largest absolute Gasteiger partial charge is 0.355 e. The average Bonchev–Trinajstić information content (AvgIpc) is 3.77. The molecule has 11 heteroatoms. The zero-order valence-electron chi connectivity index (χ0n) is 32.1. The number of rotatable bonds is 7. The fourth-order valence-corrected chi connectivity index (χ4v) is 9.24. The van der Waals surface area contributed by atoms with Crippen LogP contribution >= 0.6 is 0 Å². The molecule has 3 aliphatic heterocycles. The lowest BCUT2D eigenvalue weighted by Gasteiger charge is -2.46. The minimum atomic E-state index is -0.630. The Morgan fingerprint density at radius 1 is 0.962 bits per heavy atom. The molecular weight excluding hydrogens is 665 g/mol. The maximum absolute atomic E-state index is 14.8. The van der Waals surface area contributed by atoms with Gasteiger partial charge in [0, 0.05) is 74.2 Å². The number of nitrogens with one attached hydrogen (secondary N) is 2. The number of aromatic nitrogens is 3. The van der Waals surface area contributed by atoms with Crippen LogP contribution in [0.4, 0.5) is 17.2 Å². The van der Waals surface area contributed by atoms with Crippen molar-refractivity contribution in [1.29, 1.82) is 0 Å². The van der Waals surface area contributed by atoms with Crippen LogP contribution in [0.25, 0.3) is 22.3 Å². The van der Waals surface area contributed by atoms with Gasteiger partial charge < -0.3 is 25.0 Å². The molecular formula is C42H52N8O3. The number of hydrogen-bond acceptors (Lipinski definition) is 7. The van der Waals surface area contributed by atoms with Crippen molar-refractivity contribution in [2.24, 2.45) is 5.41 Å². The lowest BCUT2D eigenvalue weighted by Crippen LogP contribution is -2.57. The third-order valence-electron chi connectivity index (χ3n) is 12.5. The molecule has 4 aromatic rings. The highest BCUT2D eigenvalue weighted by atomic mass is 16.2. The first kappa shape index (κ1) is 35.3. The highest BCUT2D eigenvalue weighted by Crippen LogP contribution is 2.52. The Hall–Kier alpha value is -4.77. The van der Waals surface area contributed by atoms with Crippen LogP contribution in [0.15, 0.2) is 48.8 Å². The zero-order chi connectivity index (χ0) is 37.4. The number of amides is 3. The SMILES string of the molecule is CNC(=O)c1cc(Nc2nc(-c3ccc4c(c3)N(C3CC(N5CCC(C)(C)C5)C3)C(=O)C43CCN(C(C)=O)CC3)cc3ncn(C(C)C)c23)ccc1C. The standard InChI is InChI=1S/C42H52N8O3/c1-25(2)49-24-44-35-22-34(46-38(37(35)49)45-29-10-8-26(3)32(19-29)39(52)43-7)28-9-11-33-36(18-28)50(31-20-30(21-31)48-15-12-41(5,6)23-48)40(53)42(33)13-16-47(17-14-42)27(4)51/h8-11,18-19,22,24-25,30-31H,12-17,20-21,23H2,1-7H3,(H,43,52)(H,45,46).